The highest BCUT2D eigenvalue weighted by molar-refractivity contribution is 7.18. The van der Waals surface area contributed by atoms with Gasteiger partial charge in [0, 0.05) is 23.7 Å². The third-order valence-corrected chi connectivity index (χ3v) is 7.51. The van der Waals surface area contributed by atoms with Crippen LogP contribution in [0.3, 0.4) is 0 Å². The number of nitrogens with one attached hydrogen (secondary N) is 1. The van der Waals surface area contributed by atoms with Crippen LogP contribution >= 0.6 is 11.3 Å². The second-order valence-corrected chi connectivity index (χ2v) is 9.53. The average molecular weight is 453 g/mol. The summed E-state index contributed by atoms with van der Waals surface area (Å²) in [6, 6.07) is 7.82. The summed E-state index contributed by atoms with van der Waals surface area (Å²) in [7, 11) is 0. The van der Waals surface area contributed by atoms with E-state index >= 15 is 0 Å². The Morgan fingerprint density at radius 2 is 1.97 bits per heavy atom. The fourth-order valence-electron chi connectivity index (χ4n) is 4.53. The van der Waals surface area contributed by atoms with Crippen LogP contribution in [0, 0.1) is 0 Å². The number of ether oxygens (including phenoxy) is 1. The molecule has 3 aromatic rings. The SMILES string of the molecule is CCc1ccc(NC(=O)Cn2c(CN3CCOCC3)nc3sc4c(c3c2=O)CCC4)cc1. The molecule has 1 aliphatic heterocycles. The lowest BCUT2D eigenvalue weighted by Crippen LogP contribution is -2.39. The Bertz CT molecular complexity index is 1190. The second kappa shape index (κ2) is 9.13. The van der Waals surface area contributed by atoms with Gasteiger partial charge in [-0.1, -0.05) is 19.1 Å². The Morgan fingerprint density at radius 3 is 2.72 bits per heavy atom. The molecule has 1 fully saturated rings. The van der Waals surface area contributed by atoms with Crippen molar-refractivity contribution < 1.29 is 9.53 Å². The minimum atomic E-state index is -0.215. The van der Waals surface area contributed by atoms with E-state index in [2.05, 4.69) is 17.1 Å². The lowest BCUT2D eigenvalue weighted by Gasteiger charge is -2.27. The standard InChI is InChI=1S/C24H28N4O3S/c1-2-16-6-8-17(9-7-16)25-21(29)15-28-20(14-27-10-12-31-13-11-27)26-23-22(24(28)30)18-4-3-5-19(18)32-23/h6-9H,2-5,10-15H2,1H3,(H,25,29). The van der Waals surface area contributed by atoms with Gasteiger partial charge in [0.2, 0.25) is 5.91 Å². The summed E-state index contributed by atoms with van der Waals surface area (Å²) in [5, 5.41) is 3.65. The van der Waals surface area contributed by atoms with Gasteiger partial charge in [0.1, 0.15) is 17.2 Å². The van der Waals surface area contributed by atoms with Crippen molar-refractivity contribution >= 4 is 33.1 Å². The quantitative estimate of drug-likeness (QED) is 0.622. The molecule has 0 radical (unpaired) electrons. The van der Waals surface area contributed by atoms with E-state index in [1.165, 1.54) is 10.4 Å². The highest BCUT2D eigenvalue weighted by Crippen LogP contribution is 2.34. The van der Waals surface area contributed by atoms with Gasteiger partial charge in [-0.15, -0.1) is 11.3 Å². The smallest absolute Gasteiger partial charge is 0.263 e. The first-order chi connectivity index (χ1) is 15.6. The number of amides is 1. The first-order valence-electron chi connectivity index (χ1n) is 11.3. The van der Waals surface area contributed by atoms with Crippen molar-refractivity contribution in [2.45, 2.75) is 45.7 Å². The third kappa shape index (κ3) is 4.22. The Hall–Kier alpha value is -2.55. The van der Waals surface area contributed by atoms with Crippen molar-refractivity contribution in [1.82, 2.24) is 14.5 Å². The topological polar surface area (TPSA) is 76.5 Å². The maximum Gasteiger partial charge on any atom is 0.263 e. The molecule has 1 aliphatic carbocycles. The zero-order valence-corrected chi connectivity index (χ0v) is 19.2. The number of morpholine rings is 1. The molecule has 7 nitrogen and oxygen atoms in total. The number of nitrogens with zero attached hydrogens (tertiary/aromatic N) is 3. The summed E-state index contributed by atoms with van der Waals surface area (Å²) in [5.74, 6) is 0.438. The largest absolute Gasteiger partial charge is 0.379 e. The van der Waals surface area contributed by atoms with Crippen LogP contribution in [0.25, 0.3) is 10.2 Å². The molecule has 1 aromatic carbocycles. The van der Waals surface area contributed by atoms with E-state index in [9.17, 15) is 9.59 Å². The maximum absolute atomic E-state index is 13.6. The van der Waals surface area contributed by atoms with Gasteiger partial charge < -0.3 is 10.1 Å². The van der Waals surface area contributed by atoms with Crippen molar-refractivity contribution in [2.75, 3.05) is 31.6 Å². The predicted octanol–water partition coefficient (Wildman–Crippen LogP) is 2.98. The summed E-state index contributed by atoms with van der Waals surface area (Å²) < 4.78 is 7.04. The van der Waals surface area contributed by atoms with Gasteiger partial charge in [0.25, 0.3) is 5.56 Å². The molecule has 8 heteroatoms. The number of anilines is 1. The van der Waals surface area contributed by atoms with Crippen molar-refractivity contribution in [3.05, 3.63) is 56.4 Å². The van der Waals surface area contributed by atoms with Crippen molar-refractivity contribution in [3.8, 4) is 0 Å². The highest BCUT2D eigenvalue weighted by Gasteiger charge is 2.25. The number of fused-ring (bicyclic) bond motifs is 3. The first kappa shape index (κ1) is 21.3. The van der Waals surface area contributed by atoms with Crippen molar-refractivity contribution in [1.29, 1.82) is 0 Å². The molecule has 32 heavy (non-hydrogen) atoms. The zero-order chi connectivity index (χ0) is 22.1. The van der Waals surface area contributed by atoms with E-state index < -0.39 is 0 Å². The summed E-state index contributed by atoms with van der Waals surface area (Å²) in [5.41, 5.74) is 3.01. The van der Waals surface area contributed by atoms with Crippen LogP contribution in [0.1, 0.15) is 35.2 Å². The highest BCUT2D eigenvalue weighted by atomic mass is 32.1. The van der Waals surface area contributed by atoms with Crippen molar-refractivity contribution in [2.24, 2.45) is 0 Å². The van der Waals surface area contributed by atoms with Crippen LogP contribution in [-0.4, -0.2) is 46.7 Å². The van der Waals surface area contributed by atoms with Gasteiger partial charge in [0.05, 0.1) is 25.1 Å². The lowest BCUT2D eigenvalue weighted by molar-refractivity contribution is -0.116. The number of hydrogen-bond acceptors (Lipinski definition) is 6. The van der Waals surface area contributed by atoms with Gasteiger partial charge >= 0.3 is 0 Å². The number of aromatic nitrogens is 2. The van der Waals surface area contributed by atoms with E-state index in [0.717, 1.165) is 54.9 Å². The summed E-state index contributed by atoms with van der Waals surface area (Å²) in [6.45, 7) is 5.54. The average Bonchev–Trinajstić information content (AvgIpc) is 3.38. The summed E-state index contributed by atoms with van der Waals surface area (Å²) in [6.07, 6.45) is 3.97. The first-order valence-corrected chi connectivity index (χ1v) is 12.2. The number of benzene rings is 1. The van der Waals surface area contributed by atoms with Crippen molar-refractivity contribution in [3.63, 3.8) is 0 Å². The third-order valence-electron chi connectivity index (χ3n) is 6.32. The maximum atomic E-state index is 13.6. The normalized spacial score (nSPS) is 16.4. The molecule has 3 heterocycles. The molecule has 1 N–H and O–H groups in total. The fraction of sp³-hybridized carbons (Fsp3) is 0.458. The van der Waals surface area contributed by atoms with Gasteiger partial charge in [0.15, 0.2) is 0 Å². The van der Waals surface area contributed by atoms with E-state index in [-0.39, 0.29) is 18.0 Å². The molecule has 0 bridgehead atoms. The zero-order valence-electron chi connectivity index (χ0n) is 18.4. The van der Waals surface area contributed by atoms with Crippen LogP contribution in [0.15, 0.2) is 29.1 Å². The fourth-order valence-corrected chi connectivity index (χ4v) is 5.80. The number of hydrogen-bond donors (Lipinski definition) is 1. The van der Waals surface area contributed by atoms with E-state index in [1.807, 2.05) is 24.3 Å². The molecule has 1 amide bonds. The Balaban J connectivity index is 1.47. The molecule has 1 saturated heterocycles. The Labute approximate surface area is 191 Å². The molecule has 2 aliphatic rings. The predicted molar refractivity (Wildman–Crippen MR) is 126 cm³/mol. The molecular formula is C24H28N4O3S. The minimum Gasteiger partial charge on any atom is -0.379 e. The minimum absolute atomic E-state index is 0.0401. The number of carbonyl (C=O) groups is 1. The van der Waals surface area contributed by atoms with E-state index in [0.29, 0.717) is 31.0 Å². The Kier molecular flexibility index (Phi) is 6.08. The second-order valence-electron chi connectivity index (χ2n) is 8.44. The molecule has 0 atom stereocenters. The summed E-state index contributed by atoms with van der Waals surface area (Å²) >= 11 is 1.64. The number of rotatable bonds is 6. The van der Waals surface area contributed by atoms with Gasteiger partial charge in [-0.25, -0.2) is 4.98 Å². The summed E-state index contributed by atoms with van der Waals surface area (Å²) in [4.78, 5) is 35.7. The van der Waals surface area contributed by atoms with E-state index in [4.69, 9.17) is 9.72 Å². The molecule has 5 rings (SSSR count). The number of carbonyl (C=O) groups excluding carboxylic acids is 1. The van der Waals surface area contributed by atoms with Crippen LogP contribution in [0.4, 0.5) is 5.69 Å². The van der Waals surface area contributed by atoms with Crippen LogP contribution in [0.2, 0.25) is 0 Å². The molecule has 168 valence electrons. The molecular weight excluding hydrogens is 424 g/mol. The molecule has 2 aromatic heterocycles. The molecule has 0 spiro atoms. The Morgan fingerprint density at radius 1 is 1.19 bits per heavy atom. The van der Waals surface area contributed by atoms with Gasteiger partial charge in [-0.05, 0) is 48.9 Å². The lowest BCUT2D eigenvalue weighted by atomic mass is 10.1. The monoisotopic (exact) mass is 452 g/mol. The van der Waals surface area contributed by atoms with Crippen LogP contribution in [0.5, 0.6) is 0 Å². The van der Waals surface area contributed by atoms with Gasteiger partial charge in [-0.2, -0.15) is 0 Å². The molecule has 0 saturated carbocycles. The van der Waals surface area contributed by atoms with E-state index in [1.54, 1.807) is 15.9 Å². The van der Waals surface area contributed by atoms with Crippen LogP contribution in [-0.2, 0) is 41.9 Å². The van der Waals surface area contributed by atoms with Crippen LogP contribution < -0.4 is 10.9 Å². The number of thiophene rings is 1. The van der Waals surface area contributed by atoms with Gasteiger partial charge in [-0.3, -0.25) is 19.1 Å². The number of aryl methyl sites for hydroxylation is 3. The molecule has 0 unspecified atom stereocenters.